The molecular weight excluding hydrogens is 264 g/mol. The van der Waals surface area contributed by atoms with Gasteiger partial charge in [-0.15, -0.1) is 0 Å². The summed E-state index contributed by atoms with van der Waals surface area (Å²) in [6.45, 7) is 5.40. The second kappa shape index (κ2) is 11.4. The van der Waals surface area contributed by atoms with Gasteiger partial charge < -0.3 is 10.6 Å². The van der Waals surface area contributed by atoms with Gasteiger partial charge in [0, 0.05) is 12.6 Å². The van der Waals surface area contributed by atoms with Crippen LogP contribution in [0.5, 0.6) is 0 Å². The Morgan fingerprint density at radius 1 is 0.900 bits per heavy atom. The van der Waals surface area contributed by atoms with Crippen molar-refractivity contribution in [3.8, 4) is 0 Å². The zero-order chi connectivity index (χ0) is 14.6. The average Bonchev–Trinajstić information content (AvgIpc) is 2.39. The van der Waals surface area contributed by atoms with Crippen molar-refractivity contribution in [3.05, 3.63) is 0 Å². The smallest absolute Gasteiger partial charge is 0.166 e. The highest BCUT2D eigenvalue weighted by Crippen LogP contribution is 2.16. The van der Waals surface area contributed by atoms with E-state index >= 15 is 0 Å². The topological polar surface area (TPSA) is 24.1 Å². The van der Waals surface area contributed by atoms with Crippen LogP contribution in [0.2, 0.25) is 0 Å². The minimum Gasteiger partial charge on any atom is -0.362 e. The number of thiocarbonyl (C=S) groups is 1. The van der Waals surface area contributed by atoms with Crippen LogP contribution < -0.4 is 10.6 Å². The highest BCUT2D eigenvalue weighted by atomic mass is 32.1. The SMILES string of the molecule is CC(C)CNC(=S)NC1CCCCCCCCCCC1. The normalized spacial score (nSPS) is 19.9. The summed E-state index contributed by atoms with van der Waals surface area (Å²) < 4.78 is 0. The van der Waals surface area contributed by atoms with Gasteiger partial charge in [0.1, 0.15) is 0 Å². The fourth-order valence-corrected chi connectivity index (χ4v) is 3.09. The molecule has 0 spiro atoms. The predicted octanol–water partition coefficient (Wildman–Crippen LogP) is 4.78. The molecule has 118 valence electrons. The second-order valence-electron chi connectivity index (χ2n) is 6.70. The Morgan fingerprint density at radius 2 is 1.35 bits per heavy atom. The Balaban J connectivity index is 2.28. The molecule has 2 nitrogen and oxygen atoms in total. The molecule has 20 heavy (non-hydrogen) atoms. The number of nitrogens with one attached hydrogen (secondary N) is 2. The summed E-state index contributed by atoms with van der Waals surface area (Å²) >= 11 is 5.42. The highest BCUT2D eigenvalue weighted by molar-refractivity contribution is 7.80. The van der Waals surface area contributed by atoms with Crippen molar-refractivity contribution >= 4 is 17.3 Å². The third kappa shape index (κ3) is 9.57. The Labute approximate surface area is 131 Å². The van der Waals surface area contributed by atoms with Crippen LogP contribution in [-0.2, 0) is 0 Å². The van der Waals surface area contributed by atoms with E-state index in [2.05, 4.69) is 24.5 Å². The first kappa shape index (κ1) is 17.7. The van der Waals surface area contributed by atoms with Crippen LogP contribution in [0.4, 0.5) is 0 Å². The van der Waals surface area contributed by atoms with Crippen LogP contribution in [0, 0.1) is 5.92 Å². The fraction of sp³-hybridized carbons (Fsp3) is 0.941. The summed E-state index contributed by atoms with van der Waals surface area (Å²) in [6, 6.07) is 0.585. The average molecular weight is 299 g/mol. The second-order valence-corrected chi connectivity index (χ2v) is 7.11. The minimum atomic E-state index is 0.585. The number of rotatable bonds is 3. The summed E-state index contributed by atoms with van der Waals surface area (Å²) in [5.74, 6) is 0.644. The molecule has 3 heteroatoms. The van der Waals surface area contributed by atoms with E-state index in [1.54, 1.807) is 0 Å². The molecule has 0 aromatic carbocycles. The summed E-state index contributed by atoms with van der Waals surface area (Å²) in [7, 11) is 0. The zero-order valence-corrected chi connectivity index (χ0v) is 14.4. The first-order valence-corrected chi connectivity index (χ1v) is 9.13. The first-order valence-electron chi connectivity index (χ1n) is 8.73. The van der Waals surface area contributed by atoms with E-state index in [0.29, 0.717) is 12.0 Å². The molecule has 1 aliphatic carbocycles. The highest BCUT2D eigenvalue weighted by Gasteiger charge is 2.10. The predicted molar refractivity (Wildman–Crippen MR) is 93.1 cm³/mol. The molecule has 0 bridgehead atoms. The first-order chi connectivity index (χ1) is 9.68. The van der Waals surface area contributed by atoms with Gasteiger partial charge in [0.15, 0.2) is 5.11 Å². The molecule has 0 aliphatic heterocycles. The third-order valence-electron chi connectivity index (χ3n) is 4.11. The summed E-state index contributed by atoms with van der Waals surface area (Å²) in [5, 5.41) is 7.74. The molecule has 0 amide bonds. The van der Waals surface area contributed by atoms with Gasteiger partial charge >= 0.3 is 0 Å². The lowest BCUT2D eigenvalue weighted by Crippen LogP contribution is -2.43. The quantitative estimate of drug-likeness (QED) is 0.733. The van der Waals surface area contributed by atoms with Gasteiger partial charge in [0.25, 0.3) is 0 Å². The third-order valence-corrected chi connectivity index (χ3v) is 4.37. The Kier molecular flexibility index (Phi) is 10.1. The van der Waals surface area contributed by atoms with Gasteiger partial charge in [-0.1, -0.05) is 71.6 Å². The zero-order valence-electron chi connectivity index (χ0n) is 13.5. The molecule has 0 unspecified atom stereocenters. The van der Waals surface area contributed by atoms with E-state index in [9.17, 15) is 0 Å². The van der Waals surface area contributed by atoms with Crippen LogP contribution in [-0.4, -0.2) is 17.7 Å². The minimum absolute atomic E-state index is 0.585. The van der Waals surface area contributed by atoms with Crippen LogP contribution in [0.3, 0.4) is 0 Å². The van der Waals surface area contributed by atoms with Crippen LogP contribution in [0.15, 0.2) is 0 Å². The van der Waals surface area contributed by atoms with E-state index in [1.165, 1.54) is 70.6 Å². The van der Waals surface area contributed by atoms with Crippen LogP contribution >= 0.6 is 12.2 Å². The Bertz CT molecular complexity index is 241. The lowest BCUT2D eigenvalue weighted by molar-refractivity contribution is 0.440. The molecule has 0 radical (unpaired) electrons. The molecule has 2 N–H and O–H groups in total. The lowest BCUT2D eigenvalue weighted by atomic mass is 9.98. The Hall–Kier alpha value is -0.310. The van der Waals surface area contributed by atoms with E-state index in [1.807, 2.05) is 0 Å². The molecule has 0 aromatic rings. The van der Waals surface area contributed by atoms with Crippen LogP contribution in [0.25, 0.3) is 0 Å². The van der Waals surface area contributed by atoms with Crippen molar-refractivity contribution in [2.24, 2.45) is 5.92 Å². The monoisotopic (exact) mass is 298 g/mol. The van der Waals surface area contributed by atoms with Gasteiger partial charge in [-0.2, -0.15) is 0 Å². The molecular formula is C17H34N2S. The van der Waals surface area contributed by atoms with Crippen molar-refractivity contribution in [3.63, 3.8) is 0 Å². The van der Waals surface area contributed by atoms with Crippen molar-refractivity contribution in [2.45, 2.75) is 90.5 Å². The molecule has 1 aliphatic rings. The molecule has 1 rings (SSSR count). The van der Waals surface area contributed by atoms with Gasteiger partial charge in [-0.3, -0.25) is 0 Å². The number of hydrogen-bond acceptors (Lipinski definition) is 1. The van der Waals surface area contributed by atoms with E-state index in [0.717, 1.165) is 11.7 Å². The van der Waals surface area contributed by atoms with E-state index < -0.39 is 0 Å². The lowest BCUT2D eigenvalue weighted by Gasteiger charge is -2.22. The van der Waals surface area contributed by atoms with Gasteiger partial charge in [0.2, 0.25) is 0 Å². The van der Waals surface area contributed by atoms with Crippen molar-refractivity contribution in [1.82, 2.24) is 10.6 Å². The van der Waals surface area contributed by atoms with Gasteiger partial charge in [0.05, 0.1) is 0 Å². The number of hydrogen-bond donors (Lipinski definition) is 2. The molecule has 0 atom stereocenters. The summed E-state index contributed by atoms with van der Waals surface area (Å²) in [6.07, 6.45) is 15.2. The van der Waals surface area contributed by atoms with Crippen LogP contribution in [0.1, 0.15) is 84.5 Å². The molecule has 1 saturated carbocycles. The maximum absolute atomic E-state index is 5.42. The van der Waals surface area contributed by atoms with Crippen molar-refractivity contribution < 1.29 is 0 Å². The largest absolute Gasteiger partial charge is 0.362 e. The molecule has 0 saturated heterocycles. The maximum Gasteiger partial charge on any atom is 0.166 e. The van der Waals surface area contributed by atoms with E-state index in [4.69, 9.17) is 12.2 Å². The molecule has 1 fully saturated rings. The summed E-state index contributed by atoms with van der Waals surface area (Å²) in [4.78, 5) is 0. The van der Waals surface area contributed by atoms with Crippen molar-refractivity contribution in [1.29, 1.82) is 0 Å². The summed E-state index contributed by atoms with van der Waals surface area (Å²) in [5.41, 5.74) is 0. The standard InChI is InChI=1S/C17H34N2S/c1-15(2)14-18-17(20)19-16-12-10-8-6-4-3-5-7-9-11-13-16/h15-16H,3-14H2,1-2H3,(H2,18,19,20). The Morgan fingerprint density at radius 3 is 1.80 bits per heavy atom. The maximum atomic E-state index is 5.42. The van der Waals surface area contributed by atoms with Crippen molar-refractivity contribution in [2.75, 3.05) is 6.54 Å². The fourth-order valence-electron chi connectivity index (χ4n) is 2.84. The molecule has 0 heterocycles. The van der Waals surface area contributed by atoms with Gasteiger partial charge in [-0.25, -0.2) is 0 Å². The van der Waals surface area contributed by atoms with Gasteiger partial charge in [-0.05, 0) is 31.0 Å². The van der Waals surface area contributed by atoms with E-state index in [-0.39, 0.29) is 0 Å². The molecule has 0 aromatic heterocycles.